The third-order valence-electron chi connectivity index (χ3n) is 9.45. The predicted octanol–water partition coefficient (Wildman–Crippen LogP) is 15.4. The summed E-state index contributed by atoms with van der Waals surface area (Å²) in [7, 11) is -1.34. The van der Waals surface area contributed by atoms with Crippen LogP contribution in [-0.4, -0.2) is 0 Å². The summed E-state index contributed by atoms with van der Waals surface area (Å²) in [6, 6.07) is 38.3. The lowest BCUT2D eigenvalue weighted by atomic mass is 10.0. The maximum atomic E-state index is 15.0. The Hall–Kier alpha value is -6.24. The lowest BCUT2D eigenvalue weighted by molar-refractivity contribution is -0.144. The van der Waals surface area contributed by atoms with Crippen molar-refractivity contribution < 1.29 is 52.7 Å². The van der Waals surface area contributed by atoms with Crippen molar-refractivity contribution in [1.82, 2.24) is 0 Å². The quantitative estimate of drug-likeness (QED) is 0.0944. The molecule has 7 rings (SSSR count). The number of rotatable bonds is 12. The van der Waals surface area contributed by atoms with Crippen LogP contribution in [-0.2, 0) is 24.7 Å². The average Bonchev–Trinajstić information content (AvgIpc) is 3.25. The smallest absolute Gasteiger partial charge is 0.354 e. The second kappa shape index (κ2) is 18.5. The van der Waals surface area contributed by atoms with Gasteiger partial charge >= 0.3 is 24.7 Å². The number of hydrogen-bond acceptors (Lipinski definition) is 4. The molecule has 18 heteroatoms. The standard InChI is InChI=1S/C46H32F12N4P2/c47-43(48,49)29-26-38(46(56,57)58)42(39(27-29)59-31-13-5-1-6-14-31)62(34-19-11-4-12-20-34)64-36-23-21-35(22-24-36)63-61(33-17-9-3-10-18-33)40-28-30(44(50,51)52)25-37(45(53,54)55)41(40)60-32-15-7-2-8-16-32/h1-28,59-60,63-64H. The van der Waals surface area contributed by atoms with E-state index in [0.717, 1.165) is 0 Å². The van der Waals surface area contributed by atoms with Crippen LogP contribution in [0.5, 0.6) is 0 Å². The molecule has 330 valence electrons. The van der Waals surface area contributed by atoms with Gasteiger partial charge in [-0.3, -0.25) is 0 Å². The lowest BCUT2D eigenvalue weighted by Gasteiger charge is -2.31. The first-order valence-corrected chi connectivity index (χ1v) is 20.8. The number of nitrogens with zero attached hydrogens (tertiary/aromatic N) is 2. The third kappa shape index (κ3) is 10.9. The summed E-state index contributed by atoms with van der Waals surface area (Å²) in [5.74, 6) is 0. The molecule has 64 heavy (non-hydrogen) atoms. The Morgan fingerprint density at radius 2 is 0.766 bits per heavy atom. The van der Waals surface area contributed by atoms with Crippen LogP contribution in [0.15, 0.2) is 170 Å². The molecule has 0 fully saturated rings. The van der Waals surface area contributed by atoms with Crippen LogP contribution in [0, 0.1) is 0 Å². The normalized spacial score (nSPS) is 12.6. The zero-order valence-corrected chi connectivity index (χ0v) is 34.6. The highest BCUT2D eigenvalue weighted by Gasteiger charge is 2.43. The van der Waals surface area contributed by atoms with Gasteiger partial charge < -0.3 is 20.0 Å². The van der Waals surface area contributed by atoms with Gasteiger partial charge in [-0.05, 0) is 83.4 Å². The van der Waals surface area contributed by atoms with Crippen molar-refractivity contribution in [1.29, 1.82) is 0 Å². The van der Waals surface area contributed by atoms with Gasteiger partial charge in [-0.2, -0.15) is 52.7 Å². The molecule has 0 aliphatic heterocycles. The summed E-state index contributed by atoms with van der Waals surface area (Å²) < 4.78 is 177. The average molecular weight is 931 g/mol. The van der Waals surface area contributed by atoms with Gasteiger partial charge in [0, 0.05) is 40.2 Å². The minimum absolute atomic E-state index is 0.0525. The molecule has 0 saturated carbocycles. The monoisotopic (exact) mass is 930 g/mol. The maximum absolute atomic E-state index is 15.0. The summed E-state index contributed by atoms with van der Waals surface area (Å²) in [5, 5.41) is 6.23. The van der Waals surface area contributed by atoms with Crippen molar-refractivity contribution in [2.24, 2.45) is 0 Å². The van der Waals surface area contributed by atoms with Crippen LogP contribution < -0.4 is 30.6 Å². The van der Waals surface area contributed by atoms with E-state index in [1.165, 1.54) is 82.1 Å². The molecule has 2 unspecified atom stereocenters. The highest BCUT2D eigenvalue weighted by molar-refractivity contribution is 7.50. The maximum Gasteiger partial charge on any atom is 0.418 e. The molecular formula is C46H32F12N4P2. The van der Waals surface area contributed by atoms with Crippen LogP contribution in [0.1, 0.15) is 22.3 Å². The third-order valence-corrected chi connectivity index (χ3v) is 12.1. The number of alkyl halides is 12. The Labute approximate surface area is 362 Å². The van der Waals surface area contributed by atoms with Gasteiger partial charge in [0.25, 0.3) is 0 Å². The largest absolute Gasteiger partial charge is 0.418 e. The molecule has 0 bridgehead atoms. The summed E-state index contributed by atoms with van der Waals surface area (Å²) >= 11 is 0. The van der Waals surface area contributed by atoms with Crippen molar-refractivity contribution in [2.75, 3.05) is 20.0 Å². The SMILES string of the molecule is FC(F)(F)c1cc(N(Pc2ccc(PN(c3ccccc3)c3c(Nc4ccccc4)cc(C(F)(F)F)cc3C(F)(F)F)cc2)c2ccccc2)c(Nc2ccccc2)c(C(F)(F)F)c1. The van der Waals surface area contributed by atoms with Gasteiger partial charge in [0.2, 0.25) is 0 Å². The molecule has 0 aliphatic rings. The number of hydrogen-bond donors (Lipinski definition) is 2. The van der Waals surface area contributed by atoms with Crippen LogP contribution in [0.3, 0.4) is 0 Å². The number of anilines is 8. The Balaban J connectivity index is 1.34. The minimum Gasteiger partial charge on any atom is -0.354 e. The zero-order valence-electron chi connectivity index (χ0n) is 32.6. The molecule has 4 nitrogen and oxygen atoms in total. The summed E-state index contributed by atoms with van der Waals surface area (Å²) in [4.78, 5) is 0. The van der Waals surface area contributed by atoms with E-state index in [0.29, 0.717) is 22.7 Å². The van der Waals surface area contributed by atoms with Gasteiger partial charge in [-0.1, -0.05) is 97.1 Å². The van der Waals surface area contributed by atoms with Gasteiger partial charge in [-0.25, -0.2) is 0 Å². The topological polar surface area (TPSA) is 30.5 Å². The zero-order chi connectivity index (χ0) is 45.9. The molecule has 0 aromatic heterocycles. The number of benzene rings is 7. The Bertz CT molecular complexity index is 2660. The molecule has 0 heterocycles. The van der Waals surface area contributed by atoms with Gasteiger partial charge in [0.1, 0.15) is 0 Å². The van der Waals surface area contributed by atoms with E-state index in [4.69, 9.17) is 0 Å². The van der Waals surface area contributed by atoms with Crippen LogP contribution >= 0.6 is 17.5 Å². The fourth-order valence-electron chi connectivity index (χ4n) is 6.56. The van der Waals surface area contributed by atoms with Crippen LogP contribution in [0.2, 0.25) is 0 Å². The summed E-state index contributed by atoms with van der Waals surface area (Å²) in [5.41, 5.74) is -7.55. The van der Waals surface area contributed by atoms with Crippen LogP contribution in [0.4, 0.5) is 98.2 Å². The van der Waals surface area contributed by atoms with E-state index in [2.05, 4.69) is 10.6 Å². The second-order valence-electron chi connectivity index (χ2n) is 14.0. The molecule has 0 saturated heterocycles. The van der Waals surface area contributed by atoms with Crippen molar-refractivity contribution in [2.45, 2.75) is 24.7 Å². The minimum atomic E-state index is -5.27. The number of para-hydroxylation sites is 4. The lowest BCUT2D eigenvalue weighted by Crippen LogP contribution is -2.20. The summed E-state index contributed by atoms with van der Waals surface area (Å²) in [6.45, 7) is 0. The molecule has 0 aliphatic carbocycles. The van der Waals surface area contributed by atoms with Gasteiger partial charge in [-0.15, -0.1) is 0 Å². The van der Waals surface area contributed by atoms with Gasteiger partial charge in [0.15, 0.2) is 0 Å². The molecule has 7 aromatic rings. The Kier molecular flexibility index (Phi) is 13.2. The van der Waals surface area contributed by atoms with Crippen molar-refractivity contribution in [3.63, 3.8) is 0 Å². The number of nitrogens with one attached hydrogen (secondary N) is 2. The summed E-state index contributed by atoms with van der Waals surface area (Å²) in [6.07, 6.45) is -20.8. The molecule has 0 amide bonds. The molecule has 2 atom stereocenters. The molecule has 0 radical (unpaired) electrons. The van der Waals surface area contributed by atoms with E-state index in [1.807, 2.05) is 0 Å². The second-order valence-corrected chi connectivity index (χ2v) is 16.5. The van der Waals surface area contributed by atoms with E-state index in [9.17, 15) is 52.7 Å². The molecule has 2 N–H and O–H groups in total. The fraction of sp³-hybridized carbons (Fsp3) is 0.0870. The van der Waals surface area contributed by atoms with E-state index in [1.54, 1.807) is 72.8 Å². The van der Waals surface area contributed by atoms with E-state index >= 15 is 0 Å². The van der Waals surface area contributed by atoms with Crippen molar-refractivity contribution in [3.8, 4) is 0 Å². The molecule has 7 aromatic carbocycles. The van der Waals surface area contributed by atoms with E-state index in [-0.39, 0.29) is 34.9 Å². The van der Waals surface area contributed by atoms with Crippen molar-refractivity contribution in [3.05, 3.63) is 192 Å². The highest BCUT2D eigenvalue weighted by atomic mass is 31.1. The Morgan fingerprint density at radius 3 is 1.22 bits per heavy atom. The van der Waals surface area contributed by atoms with Crippen molar-refractivity contribution >= 4 is 73.6 Å². The van der Waals surface area contributed by atoms with Crippen LogP contribution in [0.25, 0.3) is 0 Å². The first kappa shape index (κ1) is 45.8. The predicted molar refractivity (Wildman–Crippen MR) is 232 cm³/mol. The first-order valence-electron chi connectivity index (χ1n) is 18.9. The van der Waals surface area contributed by atoms with Gasteiger partial charge in [0.05, 0.1) is 45.0 Å². The number of halogens is 12. The molecular weight excluding hydrogens is 898 g/mol. The molecule has 0 spiro atoms. The first-order chi connectivity index (χ1) is 30.3. The Morgan fingerprint density at radius 1 is 0.375 bits per heavy atom. The van der Waals surface area contributed by atoms with E-state index < -0.39 is 87.2 Å². The highest BCUT2D eigenvalue weighted by Crippen LogP contribution is 2.52. The fourth-order valence-corrected chi connectivity index (χ4v) is 8.91.